The zero-order valence-electron chi connectivity index (χ0n) is 16.3. The van der Waals surface area contributed by atoms with Crippen LogP contribution in [0.15, 0.2) is 47.6 Å². The van der Waals surface area contributed by atoms with Gasteiger partial charge >= 0.3 is 0 Å². The Bertz CT molecular complexity index is 1020. The predicted octanol–water partition coefficient (Wildman–Crippen LogP) is 1.85. The number of carbonyl (C=O) groups is 3. The minimum atomic E-state index is -0.892. The van der Waals surface area contributed by atoms with E-state index in [0.29, 0.717) is 22.8 Å². The lowest BCUT2D eigenvalue weighted by Crippen LogP contribution is -2.39. The van der Waals surface area contributed by atoms with Crippen molar-refractivity contribution in [2.24, 2.45) is 10.8 Å². The van der Waals surface area contributed by atoms with Crippen molar-refractivity contribution in [1.82, 2.24) is 0 Å². The third-order valence-electron chi connectivity index (χ3n) is 4.38. The number of primary amides is 1. The predicted molar refractivity (Wildman–Crippen MR) is 110 cm³/mol. The molecule has 0 spiro atoms. The number of halogens is 1. The first kappa shape index (κ1) is 20.8. The molecule has 0 saturated carbocycles. The van der Waals surface area contributed by atoms with E-state index >= 15 is 0 Å². The number of hydrogen-bond acceptors (Lipinski definition) is 6. The highest BCUT2D eigenvalue weighted by Gasteiger charge is 2.35. The molecule has 2 aromatic carbocycles. The van der Waals surface area contributed by atoms with Crippen molar-refractivity contribution in [1.29, 1.82) is 0 Å². The van der Waals surface area contributed by atoms with E-state index in [2.05, 4.69) is 15.7 Å². The van der Waals surface area contributed by atoms with Crippen LogP contribution in [0.2, 0.25) is 0 Å². The average Bonchev–Trinajstić information content (AvgIpc) is 3.15. The minimum absolute atomic E-state index is 0.0298. The van der Waals surface area contributed by atoms with E-state index in [-0.39, 0.29) is 18.0 Å². The standard InChI is InChI=1S/C20H20FN5O4/c1-11(27)23-15-8-7-14(30-2)9-16(15)24-20(29)17-10-18(19(22)28)26(25-17)13-5-3-12(21)4-6-13/h3-9,18H,10H2,1-2H3,(H2,22,28)(H,23,27)(H,24,29). The summed E-state index contributed by atoms with van der Waals surface area (Å²) in [6, 6.07) is 9.18. The number of nitrogens with zero attached hydrogens (tertiary/aromatic N) is 2. The Morgan fingerprint density at radius 1 is 1.13 bits per heavy atom. The molecule has 0 aliphatic carbocycles. The summed E-state index contributed by atoms with van der Waals surface area (Å²) in [5.74, 6) is -1.54. The van der Waals surface area contributed by atoms with Gasteiger partial charge in [0, 0.05) is 19.4 Å². The van der Waals surface area contributed by atoms with Crippen LogP contribution in [0, 0.1) is 5.82 Å². The lowest BCUT2D eigenvalue weighted by Gasteiger charge is -2.20. The summed E-state index contributed by atoms with van der Waals surface area (Å²) in [6.07, 6.45) is -0.0298. The van der Waals surface area contributed by atoms with Crippen molar-refractivity contribution < 1.29 is 23.5 Å². The molecule has 1 unspecified atom stereocenters. The van der Waals surface area contributed by atoms with E-state index in [9.17, 15) is 18.8 Å². The number of carbonyl (C=O) groups excluding carboxylic acids is 3. The van der Waals surface area contributed by atoms with Gasteiger partial charge in [0.25, 0.3) is 5.91 Å². The molecule has 1 atom stereocenters. The minimum Gasteiger partial charge on any atom is -0.497 e. The molecule has 9 nitrogen and oxygen atoms in total. The summed E-state index contributed by atoms with van der Waals surface area (Å²) >= 11 is 0. The molecular formula is C20H20FN5O4. The van der Waals surface area contributed by atoms with Gasteiger partial charge in [-0.2, -0.15) is 5.10 Å². The molecule has 4 N–H and O–H groups in total. The SMILES string of the molecule is COc1ccc(NC(C)=O)c(NC(=O)C2=NN(c3ccc(F)cc3)C(C(N)=O)C2)c1. The van der Waals surface area contributed by atoms with E-state index in [1.807, 2.05) is 0 Å². The van der Waals surface area contributed by atoms with Crippen LogP contribution in [0.3, 0.4) is 0 Å². The molecule has 30 heavy (non-hydrogen) atoms. The number of amides is 3. The Labute approximate surface area is 171 Å². The lowest BCUT2D eigenvalue weighted by atomic mass is 10.1. The van der Waals surface area contributed by atoms with Gasteiger partial charge < -0.3 is 21.1 Å². The van der Waals surface area contributed by atoms with Crippen molar-refractivity contribution >= 4 is 40.5 Å². The largest absolute Gasteiger partial charge is 0.497 e. The van der Waals surface area contributed by atoms with Crippen LogP contribution in [0.1, 0.15) is 13.3 Å². The van der Waals surface area contributed by atoms with Gasteiger partial charge in [0.2, 0.25) is 11.8 Å². The highest BCUT2D eigenvalue weighted by atomic mass is 19.1. The van der Waals surface area contributed by atoms with Crippen molar-refractivity contribution in [3.05, 3.63) is 48.3 Å². The van der Waals surface area contributed by atoms with Crippen molar-refractivity contribution in [2.45, 2.75) is 19.4 Å². The Balaban J connectivity index is 1.88. The van der Waals surface area contributed by atoms with Crippen LogP contribution < -0.4 is 26.1 Å². The Hall–Kier alpha value is -3.95. The second-order valence-electron chi connectivity index (χ2n) is 6.54. The normalized spacial score (nSPS) is 15.4. The van der Waals surface area contributed by atoms with Crippen molar-refractivity contribution in [2.75, 3.05) is 22.8 Å². The summed E-state index contributed by atoms with van der Waals surface area (Å²) in [7, 11) is 1.47. The number of hydrogen-bond donors (Lipinski definition) is 3. The Kier molecular flexibility index (Phi) is 5.95. The first-order valence-corrected chi connectivity index (χ1v) is 8.97. The molecule has 0 fully saturated rings. The number of anilines is 3. The van der Waals surface area contributed by atoms with E-state index < -0.39 is 23.7 Å². The third kappa shape index (κ3) is 4.54. The van der Waals surface area contributed by atoms with Gasteiger partial charge in [0.05, 0.1) is 24.2 Å². The highest BCUT2D eigenvalue weighted by molar-refractivity contribution is 6.44. The van der Waals surface area contributed by atoms with Crippen LogP contribution >= 0.6 is 0 Å². The van der Waals surface area contributed by atoms with Gasteiger partial charge in [0.15, 0.2) is 0 Å². The molecule has 1 aliphatic rings. The second kappa shape index (κ2) is 8.60. The van der Waals surface area contributed by atoms with Gasteiger partial charge in [-0.15, -0.1) is 0 Å². The fourth-order valence-corrected chi connectivity index (χ4v) is 2.95. The van der Waals surface area contributed by atoms with Crippen LogP contribution in [0.4, 0.5) is 21.5 Å². The maximum absolute atomic E-state index is 13.2. The number of ether oxygens (including phenoxy) is 1. The summed E-state index contributed by atoms with van der Waals surface area (Å²) in [5, 5.41) is 10.8. The summed E-state index contributed by atoms with van der Waals surface area (Å²) < 4.78 is 18.4. The molecule has 1 aliphatic heterocycles. The molecule has 0 radical (unpaired) electrons. The monoisotopic (exact) mass is 413 g/mol. The van der Waals surface area contributed by atoms with Gasteiger partial charge in [-0.3, -0.25) is 19.4 Å². The third-order valence-corrected chi connectivity index (χ3v) is 4.38. The van der Waals surface area contributed by atoms with Gasteiger partial charge in [-0.05, 0) is 36.4 Å². The first-order chi connectivity index (χ1) is 14.3. The average molecular weight is 413 g/mol. The molecule has 2 aromatic rings. The summed E-state index contributed by atoms with van der Waals surface area (Å²) in [4.78, 5) is 36.1. The molecule has 0 saturated heterocycles. The van der Waals surface area contributed by atoms with E-state index in [4.69, 9.17) is 10.5 Å². The molecule has 3 amide bonds. The molecule has 3 rings (SSSR count). The molecule has 156 valence electrons. The van der Waals surface area contributed by atoms with Crippen LogP contribution in [0.25, 0.3) is 0 Å². The maximum Gasteiger partial charge on any atom is 0.272 e. The fraction of sp³-hybridized carbons (Fsp3) is 0.200. The van der Waals surface area contributed by atoms with E-state index in [0.717, 1.165) is 0 Å². The van der Waals surface area contributed by atoms with Crippen molar-refractivity contribution in [3.63, 3.8) is 0 Å². The number of nitrogens with one attached hydrogen (secondary N) is 2. The summed E-state index contributed by atoms with van der Waals surface area (Å²) in [6.45, 7) is 1.34. The lowest BCUT2D eigenvalue weighted by molar-refractivity contribution is -0.119. The first-order valence-electron chi connectivity index (χ1n) is 8.97. The summed E-state index contributed by atoms with van der Waals surface area (Å²) in [5.41, 5.74) is 6.61. The topological polar surface area (TPSA) is 126 Å². The van der Waals surface area contributed by atoms with Gasteiger partial charge in [0.1, 0.15) is 23.3 Å². The van der Waals surface area contributed by atoms with Crippen molar-refractivity contribution in [3.8, 4) is 5.75 Å². The second-order valence-corrected chi connectivity index (χ2v) is 6.54. The van der Waals surface area contributed by atoms with Gasteiger partial charge in [-0.25, -0.2) is 4.39 Å². The maximum atomic E-state index is 13.2. The molecule has 0 aromatic heterocycles. The number of hydrazone groups is 1. The van der Waals surface area contributed by atoms with Gasteiger partial charge in [-0.1, -0.05) is 0 Å². The quantitative estimate of drug-likeness (QED) is 0.666. The number of benzene rings is 2. The molecule has 10 heteroatoms. The fourth-order valence-electron chi connectivity index (χ4n) is 2.95. The van der Waals surface area contributed by atoms with Crippen LogP contribution in [0.5, 0.6) is 5.75 Å². The molecule has 0 bridgehead atoms. The zero-order valence-corrected chi connectivity index (χ0v) is 16.3. The molecule has 1 heterocycles. The van der Waals surface area contributed by atoms with E-state index in [1.165, 1.54) is 43.3 Å². The Morgan fingerprint density at radius 2 is 1.83 bits per heavy atom. The van der Waals surface area contributed by atoms with Crippen LogP contribution in [-0.2, 0) is 14.4 Å². The number of nitrogens with two attached hydrogens (primary N) is 1. The van der Waals surface area contributed by atoms with Crippen LogP contribution in [-0.4, -0.2) is 36.6 Å². The zero-order chi connectivity index (χ0) is 21.8. The Morgan fingerprint density at radius 3 is 2.43 bits per heavy atom. The van der Waals surface area contributed by atoms with E-state index in [1.54, 1.807) is 18.2 Å². The molecular weight excluding hydrogens is 393 g/mol. The smallest absolute Gasteiger partial charge is 0.272 e. The number of methoxy groups -OCH3 is 1. The number of rotatable bonds is 6. The highest BCUT2D eigenvalue weighted by Crippen LogP contribution is 2.29.